The monoisotopic (exact) mass is 234 g/mol. The van der Waals surface area contributed by atoms with Crippen LogP contribution < -0.4 is 5.32 Å². The molecule has 4 nitrogen and oxygen atoms in total. The first-order valence-electron chi connectivity index (χ1n) is 5.77. The van der Waals surface area contributed by atoms with Crippen molar-refractivity contribution >= 4 is 0 Å². The molecule has 0 radical (unpaired) electrons. The second-order valence-corrected chi connectivity index (χ2v) is 4.13. The highest BCUT2D eigenvalue weighted by Gasteiger charge is 2.01. The Balaban J connectivity index is 1.58. The standard InChI is InChI=1S/C13H18N2O2/c1-15(10-12-4-8-16-11-12)6-5-14-9-13-3-2-7-17-13/h2-4,7-8,11,14H,5-6,9-10H2,1H3. The molecule has 4 heteroatoms. The van der Waals surface area contributed by atoms with E-state index >= 15 is 0 Å². The second kappa shape index (κ2) is 6.27. The fourth-order valence-corrected chi connectivity index (χ4v) is 1.67. The Labute approximate surface area is 101 Å². The summed E-state index contributed by atoms with van der Waals surface area (Å²) in [6.45, 7) is 3.63. The SMILES string of the molecule is CN(CCNCc1ccco1)Cc1ccoc1. The van der Waals surface area contributed by atoms with Crippen molar-refractivity contribution in [3.05, 3.63) is 48.3 Å². The van der Waals surface area contributed by atoms with Crippen molar-refractivity contribution in [2.75, 3.05) is 20.1 Å². The van der Waals surface area contributed by atoms with Crippen LogP contribution in [-0.2, 0) is 13.1 Å². The predicted octanol–water partition coefficient (Wildman–Crippen LogP) is 2.09. The Morgan fingerprint density at radius 1 is 1.29 bits per heavy atom. The van der Waals surface area contributed by atoms with Crippen LogP contribution >= 0.6 is 0 Å². The summed E-state index contributed by atoms with van der Waals surface area (Å²) in [5.41, 5.74) is 1.21. The number of rotatable bonds is 7. The van der Waals surface area contributed by atoms with E-state index in [0.29, 0.717) is 0 Å². The minimum atomic E-state index is 0.784. The lowest BCUT2D eigenvalue weighted by atomic mass is 10.3. The largest absolute Gasteiger partial charge is 0.472 e. The zero-order valence-corrected chi connectivity index (χ0v) is 10.1. The lowest BCUT2D eigenvalue weighted by molar-refractivity contribution is 0.320. The highest BCUT2D eigenvalue weighted by atomic mass is 16.3. The van der Waals surface area contributed by atoms with Gasteiger partial charge in [-0.2, -0.15) is 0 Å². The second-order valence-electron chi connectivity index (χ2n) is 4.13. The number of furan rings is 2. The van der Waals surface area contributed by atoms with Gasteiger partial charge in [0.05, 0.1) is 25.3 Å². The molecule has 0 spiro atoms. The molecule has 0 aliphatic rings. The van der Waals surface area contributed by atoms with Crippen molar-refractivity contribution in [1.29, 1.82) is 0 Å². The molecule has 1 N–H and O–H groups in total. The summed E-state index contributed by atoms with van der Waals surface area (Å²) >= 11 is 0. The number of likely N-dealkylation sites (N-methyl/N-ethyl adjacent to an activating group) is 1. The number of nitrogens with zero attached hydrogens (tertiary/aromatic N) is 1. The maximum absolute atomic E-state index is 5.24. The van der Waals surface area contributed by atoms with Gasteiger partial charge in [-0.25, -0.2) is 0 Å². The molecular weight excluding hydrogens is 216 g/mol. The minimum absolute atomic E-state index is 0.784. The van der Waals surface area contributed by atoms with Crippen LogP contribution in [0.5, 0.6) is 0 Å². The van der Waals surface area contributed by atoms with Crippen LogP contribution in [0.1, 0.15) is 11.3 Å². The Morgan fingerprint density at radius 2 is 2.24 bits per heavy atom. The van der Waals surface area contributed by atoms with E-state index in [-0.39, 0.29) is 0 Å². The highest BCUT2D eigenvalue weighted by Crippen LogP contribution is 2.03. The summed E-state index contributed by atoms with van der Waals surface area (Å²) in [5, 5.41) is 3.34. The molecule has 2 heterocycles. The number of hydrogen-bond donors (Lipinski definition) is 1. The van der Waals surface area contributed by atoms with Gasteiger partial charge in [-0.05, 0) is 25.2 Å². The van der Waals surface area contributed by atoms with E-state index in [2.05, 4.69) is 17.3 Å². The zero-order chi connectivity index (χ0) is 11.9. The molecule has 2 aromatic heterocycles. The normalized spacial score (nSPS) is 11.2. The van der Waals surface area contributed by atoms with Crippen molar-refractivity contribution in [2.24, 2.45) is 0 Å². The summed E-state index contributed by atoms with van der Waals surface area (Å²) < 4.78 is 10.3. The lowest BCUT2D eigenvalue weighted by Gasteiger charge is -2.15. The fraction of sp³-hybridized carbons (Fsp3) is 0.385. The van der Waals surface area contributed by atoms with E-state index in [1.54, 1.807) is 18.8 Å². The molecule has 2 rings (SSSR count). The maximum Gasteiger partial charge on any atom is 0.117 e. The van der Waals surface area contributed by atoms with Crippen LogP contribution in [0, 0.1) is 0 Å². The first-order valence-corrected chi connectivity index (χ1v) is 5.77. The highest BCUT2D eigenvalue weighted by molar-refractivity contribution is 5.04. The summed E-state index contributed by atoms with van der Waals surface area (Å²) in [4.78, 5) is 2.25. The van der Waals surface area contributed by atoms with E-state index in [1.165, 1.54) is 5.56 Å². The molecule has 0 unspecified atom stereocenters. The average molecular weight is 234 g/mol. The van der Waals surface area contributed by atoms with Gasteiger partial charge >= 0.3 is 0 Å². The zero-order valence-electron chi connectivity index (χ0n) is 10.1. The number of hydrogen-bond acceptors (Lipinski definition) is 4. The van der Waals surface area contributed by atoms with Crippen LogP contribution in [-0.4, -0.2) is 25.0 Å². The van der Waals surface area contributed by atoms with Gasteiger partial charge in [0, 0.05) is 25.2 Å². The molecule has 0 aromatic carbocycles. The van der Waals surface area contributed by atoms with Crippen LogP contribution in [0.3, 0.4) is 0 Å². The van der Waals surface area contributed by atoms with E-state index < -0.39 is 0 Å². The van der Waals surface area contributed by atoms with E-state index in [9.17, 15) is 0 Å². The summed E-state index contributed by atoms with van der Waals surface area (Å²) in [5.74, 6) is 0.975. The molecule has 2 aromatic rings. The first kappa shape index (κ1) is 12.0. The van der Waals surface area contributed by atoms with Gasteiger partial charge in [0.2, 0.25) is 0 Å². The van der Waals surface area contributed by atoms with Gasteiger partial charge in [-0.1, -0.05) is 0 Å². The average Bonchev–Trinajstić information content (AvgIpc) is 2.96. The summed E-state index contributed by atoms with van der Waals surface area (Å²) in [7, 11) is 2.10. The van der Waals surface area contributed by atoms with Crippen molar-refractivity contribution < 1.29 is 8.83 Å². The Kier molecular flexibility index (Phi) is 4.41. The van der Waals surface area contributed by atoms with Crippen molar-refractivity contribution in [1.82, 2.24) is 10.2 Å². The maximum atomic E-state index is 5.24. The molecular formula is C13H18N2O2. The Hall–Kier alpha value is -1.52. The van der Waals surface area contributed by atoms with E-state index in [0.717, 1.165) is 31.9 Å². The molecule has 0 amide bonds. The van der Waals surface area contributed by atoms with Crippen LogP contribution in [0.15, 0.2) is 45.8 Å². The van der Waals surface area contributed by atoms with Gasteiger partial charge < -0.3 is 19.1 Å². The Morgan fingerprint density at radius 3 is 2.94 bits per heavy atom. The van der Waals surface area contributed by atoms with E-state index in [4.69, 9.17) is 8.83 Å². The number of nitrogens with one attached hydrogen (secondary N) is 1. The molecule has 0 atom stereocenters. The van der Waals surface area contributed by atoms with Gasteiger partial charge in [0.1, 0.15) is 5.76 Å². The third kappa shape index (κ3) is 4.09. The molecule has 0 saturated heterocycles. The van der Waals surface area contributed by atoms with Crippen molar-refractivity contribution in [3.63, 3.8) is 0 Å². The van der Waals surface area contributed by atoms with Crippen molar-refractivity contribution in [2.45, 2.75) is 13.1 Å². The Bertz CT molecular complexity index is 395. The van der Waals surface area contributed by atoms with Gasteiger partial charge in [0.25, 0.3) is 0 Å². The molecule has 0 saturated carbocycles. The smallest absolute Gasteiger partial charge is 0.117 e. The van der Waals surface area contributed by atoms with Gasteiger partial charge in [-0.15, -0.1) is 0 Å². The fourth-order valence-electron chi connectivity index (χ4n) is 1.67. The lowest BCUT2D eigenvalue weighted by Crippen LogP contribution is -2.28. The van der Waals surface area contributed by atoms with Crippen molar-refractivity contribution in [3.8, 4) is 0 Å². The van der Waals surface area contributed by atoms with E-state index in [1.807, 2.05) is 18.2 Å². The minimum Gasteiger partial charge on any atom is -0.472 e. The summed E-state index contributed by atoms with van der Waals surface area (Å²) in [6.07, 6.45) is 5.19. The van der Waals surface area contributed by atoms with Gasteiger partial charge in [-0.3, -0.25) is 0 Å². The quantitative estimate of drug-likeness (QED) is 0.745. The molecule has 17 heavy (non-hydrogen) atoms. The van der Waals surface area contributed by atoms with Crippen LogP contribution in [0.4, 0.5) is 0 Å². The third-order valence-corrected chi connectivity index (χ3v) is 2.58. The molecule has 92 valence electrons. The topological polar surface area (TPSA) is 41.5 Å². The molecule has 0 aliphatic heterocycles. The first-order chi connectivity index (χ1) is 8.34. The van der Waals surface area contributed by atoms with Gasteiger partial charge in [0.15, 0.2) is 0 Å². The summed E-state index contributed by atoms with van der Waals surface area (Å²) in [6, 6.07) is 5.87. The molecule has 0 fully saturated rings. The van der Waals surface area contributed by atoms with Crippen LogP contribution in [0.2, 0.25) is 0 Å². The predicted molar refractivity (Wildman–Crippen MR) is 65.5 cm³/mol. The van der Waals surface area contributed by atoms with Crippen LogP contribution in [0.25, 0.3) is 0 Å². The molecule has 0 aliphatic carbocycles. The third-order valence-electron chi connectivity index (χ3n) is 2.58. The molecule has 0 bridgehead atoms.